The van der Waals surface area contributed by atoms with Crippen molar-refractivity contribution in [2.24, 2.45) is 0 Å². The van der Waals surface area contributed by atoms with Crippen molar-refractivity contribution in [2.45, 2.75) is 58.0 Å². The average Bonchev–Trinajstić information content (AvgIpc) is 2.91. The van der Waals surface area contributed by atoms with Crippen molar-refractivity contribution < 1.29 is 18.0 Å². The third kappa shape index (κ3) is 7.40. The van der Waals surface area contributed by atoms with Gasteiger partial charge >= 0.3 is 0 Å². The molecule has 1 N–H and O–H groups in total. The minimum atomic E-state index is -4.11. The Morgan fingerprint density at radius 1 is 0.923 bits per heavy atom. The number of carbonyl (C=O) groups is 2. The topological polar surface area (TPSA) is 86.8 Å². The first-order valence-corrected chi connectivity index (χ1v) is 14.8. The fourth-order valence-electron chi connectivity index (χ4n) is 4.11. The molecule has 0 aliphatic heterocycles. The number of halogens is 1. The number of hydrogen-bond acceptors (Lipinski definition) is 4. The predicted molar refractivity (Wildman–Crippen MR) is 156 cm³/mol. The first-order valence-electron chi connectivity index (χ1n) is 13.0. The molecule has 3 rings (SSSR count). The number of sulfonamides is 1. The van der Waals surface area contributed by atoms with Crippen LogP contribution in [0.5, 0.6) is 0 Å². The molecule has 0 radical (unpaired) electrons. The van der Waals surface area contributed by atoms with Crippen LogP contribution in [0.1, 0.15) is 50.3 Å². The molecule has 0 aliphatic rings. The molecule has 39 heavy (non-hydrogen) atoms. The fraction of sp³-hybridized carbons (Fsp3) is 0.333. The number of hydrogen-bond donors (Lipinski definition) is 1. The first kappa shape index (κ1) is 30.2. The molecule has 0 heterocycles. The minimum Gasteiger partial charge on any atom is -0.355 e. The van der Waals surface area contributed by atoms with Crippen LogP contribution in [0.15, 0.2) is 77.7 Å². The van der Waals surface area contributed by atoms with E-state index in [1.54, 1.807) is 62.4 Å². The van der Waals surface area contributed by atoms with Gasteiger partial charge in [0.2, 0.25) is 11.8 Å². The molecule has 1 atom stereocenters. The van der Waals surface area contributed by atoms with Gasteiger partial charge in [-0.25, -0.2) is 8.42 Å². The standard InChI is InChI=1S/C30H36ClN3O4S/c1-6-32-30(36)23(5)33(19-25-9-7-8-10-28(25)31)29(35)20-34(26-15-13-24(14-16-26)21(2)3)39(37,38)27-17-11-22(4)12-18-27/h7-18,21,23H,6,19-20H2,1-5H3,(H,32,36). The van der Waals surface area contributed by atoms with Crippen LogP contribution in [0, 0.1) is 6.92 Å². The van der Waals surface area contributed by atoms with Crippen LogP contribution in [0.4, 0.5) is 5.69 Å². The van der Waals surface area contributed by atoms with E-state index in [4.69, 9.17) is 11.6 Å². The lowest BCUT2D eigenvalue weighted by molar-refractivity contribution is -0.139. The van der Waals surface area contributed by atoms with Crippen molar-refractivity contribution in [3.8, 4) is 0 Å². The van der Waals surface area contributed by atoms with Gasteiger partial charge in [-0.3, -0.25) is 13.9 Å². The summed E-state index contributed by atoms with van der Waals surface area (Å²) in [5.41, 5.74) is 2.97. The summed E-state index contributed by atoms with van der Waals surface area (Å²) in [7, 11) is -4.11. The average molecular weight is 570 g/mol. The van der Waals surface area contributed by atoms with E-state index in [1.807, 2.05) is 19.1 Å². The molecule has 0 aliphatic carbocycles. The summed E-state index contributed by atoms with van der Waals surface area (Å²) in [6, 6.07) is 19.8. The predicted octanol–water partition coefficient (Wildman–Crippen LogP) is 5.52. The van der Waals surface area contributed by atoms with Gasteiger partial charge in [0.1, 0.15) is 12.6 Å². The molecule has 2 amide bonds. The van der Waals surface area contributed by atoms with Crippen molar-refractivity contribution in [2.75, 3.05) is 17.4 Å². The largest absolute Gasteiger partial charge is 0.355 e. The zero-order valence-electron chi connectivity index (χ0n) is 23.0. The number of rotatable bonds is 11. The molecule has 1 unspecified atom stereocenters. The van der Waals surface area contributed by atoms with Crippen molar-refractivity contribution in [1.29, 1.82) is 0 Å². The number of carbonyl (C=O) groups excluding carboxylic acids is 2. The number of likely N-dealkylation sites (N-methyl/N-ethyl adjacent to an activating group) is 1. The smallest absolute Gasteiger partial charge is 0.264 e. The van der Waals surface area contributed by atoms with Gasteiger partial charge < -0.3 is 10.2 Å². The van der Waals surface area contributed by atoms with Gasteiger partial charge in [0.15, 0.2) is 0 Å². The van der Waals surface area contributed by atoms with Crippen molar-refractivity contribution in [1.82, 2.24) is 10.2 Å². The van der Waals surface area contributed by atoms with Crippen molar-refractivity contribution in [3.05, 3.63) is 94.5 Å². The highest BCUT2D eigenvalue weighted by Crippen LogP contribution is 2.27. The summed E-state index contributed by atoms with van der Waals surface area (Å²) in [6.07, 6.45) is 0. The van der Waals surface area contributed by atoms with Gasteiger partial charge in [0.25, 0.3) is 10.0 Å². The summed E-state index contributed by atoms with van der Waals surface area (Å²) >= 11 is 6.38. The van der Waals surface area contributed by atoms with Crippen LogP contribution >= 0.6 is 11.6 Å². The van der Waals surface area contributed by atoms with E-state index in [-0.39, 0.29) is 23.3 Å². The van der Waals surface area contributed by atoms with Crippen molar-refractivity contribution >= 4 is 39.1 Å². The van der Waals surface area contributed by atoms with Crippen LogP contribution in [0.2, 0.25) is 5.02 Å². The molecular formula is C30H36ClN3O4S. The second kappa shape index (κ2) is 13.1. The summed E-state index contributed by atoms with van der Waals surface area (Å²) < 4.78 is 28.9. The molecule has 208 valence electrons. The normalized spacial score (nSPS) is 12.2. The molecule has 7 nitrogen and oxygen atoms in total. The fourth-order valence-corrected chi connectivity index (χ4v) is 5.72. The van der Waals surface area contributed by atoms with Crippen LogP contribution in [0.25, 0.3) is 0 Å². The minimum absolute atomic E-state index is 0.0432. The molecule has 0 fully saturated rings. The Kier molecular flexibility index (Phi) is 10.2. The van der Waals surface area contributed by atoms with E-state index < -0.39 is 28.5 Å². The van der Waals surface area contributed by atoms with Crippen molar-refractivity contribution in [3.63, 3.8) is 0 Å². The van der Waals surface area contributed by atoms with Crippen LogP contribution in [0.3, 0.4) is 0 Å². The molecule has 3 aromatic carbocycles. The molecular weight excluding hydrogens is 534 g/mol. The number of nitrogens with zero attached hydrogens (tertiary/aromatic N) is 2. The number of amides is 2. The zero-order valence-corrected chi connectivity index (χ0v) is 24.6. The number of nitrogens with one attached hydrogen (secondary N) is 1. The maximum Gasteiger partial charge on any atom is 0.264 e. The van der Waals surface area contributed by atoms with Gasteiger partial charge in [-0.05, 0) is 68.1 Å². The summed E-state index contributed by atoms with van der Waals surface area (Å²) in [4.78, 5) is 28.1. The second-order valence-corrected chi connectivity index (χ2v) is 12.0. The summed E-state index contributed by atoms with van der Waals surface area (Å²) in [6.45, 7) is 9.33. The van der Waals surface area contributed by atoms with Crippen LogP contribution in [-0.2, 0) is 26.2 Å². The third-order valence-corrected chi connectivity index (χ3v) is 8.71. The van der Waals surface area contributed by atoms with Crippen LogP contribution < -0.4 is 9.62 Å². The molecule has 0 saturated heterocycles. The third-order valence-electron chi connectivity index (χ3n) is 6.55. The zero-order chi connectivity index (χ0) is 28.7. The van der Waals surface area contributed by atoms with E-state index in [1.165, 1.54) is 17.0 Å². The highest BCUT2D eigenvalue weighted by molar-refractivity contribution is 7.92. The number of aryl methyl sites for hydroxylation is 1. The van der Waals surface area contributed by atoms with Gasteiger partial charge in [0, 0.05) is 18.1 Å². The van der Waals surface area contributed by atoms with Gasteiger partial charge in [-0.15, -0.1) is 0 Å². The lowest BCUT2D eigenvalue weighted by Gasteiger charge is -2.32. The van der Waals surface area contributed by atoms with Gasteiger partial charge in [-0.1, -0.05) is 73.5 Å². The highest BCUT2D eigenvalue weighted by atomic mass is 35.5. The maximum atomic E-state index is 13.9. The monoisotopic (exact) mass is 569 g/mol. The van der Waals surface area contributed by atoms with Gasteiger partial charge in [0.05, 0.1) is 10.6 Å². The Hall–Kier alpha value is -3.36. The summed E-state index contributed by atoms with van der Waals surface area (Å²) in [5, 5.41) is 3.20. The summed E-state index contributed by atoms with van der Waals surface area (Å²) in [5.74, 6) is -0.615. The lowest BCUT2D eigenvalue weighted by Crippen LogP contribution is -2.51. The Balaban J connectivity index is 2.05. The SMILES string of the molecule is CCNC(=O)C(C)N(Cc1ccccc1Cl)C(=O)CN(c1ccc(C(C)C)cc1)S(=O)(=O)c1ccc(C)cc1. The van der Waals surface area contributed by atoms with E-state index in [9.17, 15) is 18.0 Å². The Morgan fingerprint density at radius 3 is 2.10 bits per heavy atom. The molecule has 0 aromatic heterocycles. The van der Waals surface area contributed by atoms with E-state index in [0.29, 0.717) is 22.8 Å². The highest BCUT2D eigenvalue weighted by Gasteiger charge is 2.32. The second-order valence-electron chi connectivity index (χ2n) is 9.75. The Labute approximate surface area is 236 Å². The molecule has 3 aromatic rings. The van der Waals surface area contributed by atoms with Crippen LogP contribution in [-0.4, -0.2) is 44.3 Å². The quantitative estimate of drug-likeness (QED) is 0.329. The molecule has 0 saturated carbocycles. The van der Waals surface area contributed by atoms with Gasteiger partial charge in [-0.2, -0.15) is 0 Å². The molecule has 9 heteroatoms. The van der Waals surface area contributed by atoms with E-state index in [0.717, 1.165) is 15.4 Å². The van der Waals surface area contributed by atoms with E-state index in [2.05, 4.69) is 19.2 Å². The maximum absolute atomic E-state index is 13.9. The number of anilines is 1. The molecule has 0 bridgehead atoms. The Bertz CT molecular complexity index is 1390. The Morgan fingerprint density at radius 2 is 1.54 bits per heavy atom. The lowest BCUT2D eigenvalue weighted by atomic mass is 10.0. The first-order chi connectivity index (χ1) is 18.4. The molecule has 0 spiro atoms. The van der Waals surface area contributed by atoms with E-state index >= 15 is 0 Å². The number of benzene rings is 3.